The second-order valence-electron chi connectivity index (χ2n) is 7.44. The number of carbonyl (C=O) groups is 1. The van der Waals surface area contributed by atoms with E-state index in [2.05, 4.69) is 16.5 Å². The predicted molar refractivity (Wildman–Crippen MR) is 93.2 cm³/mol. The molecular weight excluding hydrogens is 332 g/mol. The van der Waals surface area contributed by atoms with E-state index in [0.29, 0.717) is 28.9 Å². The molecule has 2 aliphatic heterocycles. The molecule has 1 aromatic carbocycles. The van der Waals surface area contributed by atoms with E-state index in [1.807, 2.05) is 21.7 Å². The Labute approximate surface area is 151 Å². The average Bonchev–Trinajstić information content (AvgIpc) is 3.23. The maximum Gasteiger partial charge on any atom is 0.253 e. The van der Waals surface area contributed by atoms with Gasteiger partial charge in [0, 0.05) is 37.3 Å². The minimum Gasteiger partial charge on any atom is -0.454 e. The first-order chi connectivity index (χ1) is 12.8. The third kappa shape index (κ3) is 3.02. The van der Waals surface area contributed by atoms with Gasteiger partial charge < -0.3 is 14.4 Å². The molecule has 26 heavy (non-hydrogen) atoms. The first-order valence-corrected chi connectivity index (χ1v) is 9.35. The van der Waals surface area contributed by atoms with Gasteiger partial charge in [0.15, 0.2) is 11.5 Å². The van der Waals surface area contributed by atoms with Crippen molar-refractivity contribution in [2.24, 2.45) is 5.92 Å². The quantitative estimate of drug-likeness (QED) is 0.843. The summed E-state index contributed by atoms with van der Waals surface area (Å²) in [6.07, 6.45) is 6.59. The van der Waals surface area contributed by atoms with Crippen LogP contribution in [0.4, 0.5) is 0 Å². The molecule has 1 aromatic heterocycles. The molecule has 2 aromatic rings. The highest BCUT2D eigenvalue weighted by Gasteiger charge is 2.28. The Morgan fingerprint density at radius 3 is 2.73 bits per heavy atom. The highest BCUT2D eigenvalue weighted by atomic mass is 16.7. The molecular formula is C19H22N4O3. The van der Waals surface area contributed by atoms with Crippen molar-refractivity contribution in [2.75, 3.05) is 19.9 Å². The van der Waals surface area contributed by atoms with E-state index in [0.717, 1.165) is 38.2 Å². The van der Waals surface area contributed by atoms with E-state index >= 15 is 0 Å². The van der Waals surface area contributed by atoms with E-state index in [1.54, 1.807) is 6.07 Å². The van der Waals surface area contributed by atoms with Crippen LogP contribution in [0.25, 0.3) is 0 Å². The number of ether oxygens (including phenoxy) is 2. The Kier molecular flexibility index (Phi) is 3.80. The molecule has 0 radical (unpaired) electrons. The van der Waals surface area contributed by atoms with Gasteiger partial charge in [0.05, 0.1) is 5.69 Å². The lowest BCUT2D eigenvalue weighted by Crippen LogP contribution is -2.39. The molecule has 5 rings (SSSR count). The Balaban J connectivity index is 1.17. The van der Waals surface area contributed by atoms with Crippen molar-refractivity contribution in [1.82, 2.24) is 19.9 Å². The van der Waals surface area contributed by atoms with E-state index in [4.69, 9.17) is 9.47 Å². The number of carbonyl (C=O) groups excluding carboxylic acids is 1. The van der Waals surface area contributed by atoms with Gasteiger partial charge >= 0.3 is 0 Å². The minimum atomic E-state index is 0.0681. The fourth-order valence-corrected chi connectivity index (χ4v) is 3.76. The third-order valence-corrected chi connectivity index (χ3v) is 5.52. The molecule has 7 nitrogen and oxygen atoms in total. The molecule has 1 aliphatic carbocycles. The van der Waals surface area contributed by atoms with Crippen molar-refractivity contribution < 1.29 is 14.3 Å². The number of hydrogen-bond acceptors (Lipinski definition) is 5. The van der Waals surface area contributed by atoms with Crippen LogP contribution < -0.4 is 9.47 Å². The van der Waals surface area contributed by atoms with Crippen LogP contribution in [0.1, 0.15) is 47.7 Å². The highest BCUT2D eigenvalue weighted by Crippen LogP contribution is 2.38. The lowest BCUT2D eigenvalue weighted by Gasteiger charge is -2.32. The molecule has 1 saturated carbocycles. The predicted octanol–water partition coefficient (Wildman–Crippen LogP) is 2.44. The van der Waals surface area contributed by atoms with Gasteiger partial charge in [-0.25, -0.2) is 0 Å². The number of piperidine rings is 1. The van der Waals surface area contributed by atoms with E-state index < -0.39 is 0 Å². The van der Waals surface area contributed by atoms with Crippen molar-refractivity contribution in [3.63, 3.8) is 0 Å². The maximum atomic E-state index is 12.8. The van der Waals surface area contributed by atoms with Gasteiger partial charge in [0.2, 0.25) is 6.79 Å². The number of nitrogens with zero attached hydrogens (tertiary/aromatic N) is 4. The minimum absolute atomic E-state index is 0.0681. The van der Waals surface area contributed by atoms with Crippen LogP contribution in [0.5, 0.6) is 11.5 Å². The van der Waals surface area contributed by atoms with Crippen molar-refractivity contribution in [3.8, 4) is 11.5 Å². The Morgan fingerprint density at radius 2 is 1.92 bits per heavy atom. The standard InChI is InChI=1S/C19H22N4O3/c24-19(15-3-4-17-18(9-15)26-12-25-17)22-7-5-13(6-8-22)10-23-11-16(20-21-23)14-1-2-14/h3-4,9,11,13-14H,1-2,5-8,10,12H2. The summed E-state index contributed by atoms with van der Waals surface area (Å²) in [6.45, 7) is 2.68. The number of likely N-dealkylation sites (tertiary alicyclic amines) is 1. The van der Waals surface area contributed by atoms with Gasteiger partial charge in [0.25, 0.3) is 5.91 Å². The van der Waals surface area contributed by atoms with Gasteiger partial charge in [-0.2, -0.15) is 0 Å². The van der Waals surface area contributed by atoms with Crippen LogP contribution in [-0.4, -0.2) is 45.7 Å². The first kappa shape index (κ1) is 15.7. The first-order valence-electron chi connectivity index (χ1n) is 9.35. The van der Waals surface area contributed by atoms with Crippen LogP contribution in [0.3, 0.4) is 0 Å². The Hall–Kier alpha value is -2.57. The molecule has 2 fully saturated rings. The van der Waals surface area contributed by atoms with Crippen molar-refractivity contribution in [1.29, 1.82) is 0 Å². The summed E-state index contributed by atoms with van der Waals surface area (Å²) < 4.78 is 12.7. The van der Waals surface area contributed by atoms with E-state index in [1.165, 1.54) is 12.8 Å². The average molecular weight is 354 g/mol. The zero-order chi connectivity index (χ0) is 17.5. The van der Waals surface area contributed by atoms with Crippen molar-refractivity contribution >= 4 is 5.91 Å². The van der Waals surface area contributed by atoms with Gasteiger partial charge in [-0.1, -0.05) is 5.21 Å². The molecule has 136 valence electrons. The van der Waals surface area contributed by atoms with Crippen molar-refractivity contribution in [2.45, 2.75) is 38.1 Å². The zero-order valence-corrected chi connectivity index (χ0v) is 14.6. The zero-order valence-electron chi connectivity index (χ0n) is 14.6. The fraction of sp³-hybridized carbons (Fsp3) is 0.526. The second-order valence-corrected chi connectivity index (χ2v) is 7.44. The number of aromatic nitrogens is 3. The summed E-state index contributed by atoms with van der Waals surface area (Å²) in [5, 5.41) is 8.55. The normalized spacial score (nSPS) is 19.8. The number of benzene rings is 1. The van der Waals surface area contributed by atoms with Crippen LogP contribution in [0.15, 0.2) is 24.4 Å². The van der Waals surface area contributed by atoms with Gasteiger partial charge in [-0.15, -0.1) is 5.10 Å². The summed E-state index contributed by atoms with van der Waals surface area (Å²) in [5.41, 5.74) is 1.80. The molecule has 3 heterocycles. The smallest absolute Gasteiger partial charge is 0.253 e. The summed E-state index contributed by atoms with van der Waals surface area (Å²) in [6, 6.07) is 5.41. The fourth-order valence-electron chi connectivity index (χ4n) is 3.76. The molecule has 0 atom stereocenters. The molecule has 1 saturated heterocycles. The molecule has 7 heteroatoms. The molecule has 0 N–H and O–H groups in total. The molecule has 0 bridgehead atoms. The molecule has 0 unspecified atom stereocenters. The topological polar surface area (TPSA) is 69.5 Å². The lowest BCUT2D eigenvalue weighted by molar-refractivity contribution is 0.0680. The van der Waals surface area contributed by atoms with E-state index in [-0.39, 0.29) is 12.7 Å². The number of fused-ring (bicyclic) bond motifs is 1. The van der Waals surface area contributed by atoms with Crippen LogP contribution in [0.2, 0.25) is 0 Å². The van der Waals surface area contributed by atoms with E-state index in [9.17, 15) is 4.79 Å². The molecule has 3 aliphatic rings. The maximum absolute atomic E-state index is 12.8. The van der Waals surface area contributed by atoms with Gasteiger partial charge in [-0.3, -0.25) is 9.48 Å². The second kappa shape index (κ2) is 6.30. The number of rotatable bonds is 4. The largest absolute Gasteiger partial charge is 0.454 e. The van der Waals surface area contributed by atoms with Crippen LogP contribution in [-0.2, 0) is 6.54 Å². The van der Waals surface area contributed by atoms with Gasteiger partial charge in [0.1, 0.15) is 0 Å². The van der Waals surface area contributed by atoms with Gasteiger partial charge in [-0.05, 0) is 49.8 Å². The monoisotopic (exact) mass is 354 g/mol. The van der Waals surface area contributed by atoms with Crippen molar-refractivity contribution in [3.05, 3.63) is 35.7 Å². The summed E-state index contributed by atoms with van der Waals surface area (Å²) in [5.74, 6) is 2.62. The summed E-state index contributed by atoms with van der Waals surface area (Å²) in [7, 11) is 0. The number of hydrogen-bond donors (Lipinski definition) is 0. The third-order valence-electron chi connectivity index (χ3n) is 5.52. The van der Waals surface area contributed by atoms with Crippen LogP contribution >= 0.6 is 0 Å². The SMILES string of the molecule is O=C(c1ccc2c(c1)OCO2)N1CCC(Cn2cc(C3CC3)nn2)CC1. The molecule has 0 spiro atoms. The van der Waals surface area contributed by atoms with Crippen LogP contribution in [0, 0.1) is 5.92 Å². The molecule has 1 amide bonds. The summed E-state index contributed by atoms with van der Waals surface area (Å²) >= 11 is 0. The number of amides is 1. The summed E-state index contributed by atoms with van der Waals surface area (Å²) in [4.78, 5) is 14.7. The highest BCUT2D eigenvalue weighted by molar-refractivity contribution is 5.95. The Bertz CT molecular complexity index is 822. The lowest BCUT2D eigenvalue weighted by atomic mass is 9.96. The Morgan fingerprint density at radius 1 is 1.12 bits per heavy atom.